The summed E-state index contributed by atoms with van der Waals surface area (Å²) in [5.41, 5.74) is 1.76. The lowest BCUT2D eigenvalue weighted by atomic mass is 10.1. The van der Waals surface area contributed by atoms with E-state index in [-0.39, 0.29) is 17.9 Å². The molecule has 0 atom stereocenters. The van der Waals surface area contributed by atoms with Gasteiger partial charge in [-0.05, 0) is 43.4 Å². The number of carbonyl (C=O) groups is 3. The molecule has 7 nitrogen and oxygen atoms in total. The van der Waals surface area contributed by atoms with Crippen molar-refractivity contribution in [2.45, 2.75) is 44.9 Å². The van der Waals surface area contributed by atoms with E-state index in [0.29, 0.717) is 51.3 Å². The largest absolute Gasteiger partial charge is 0.461 e. The molecular formula is C26H35N3O4. The molecule has 1 aromatic rings. The van der Waals surface area contributed by atoms with Gasteiger partial charge in [-0.3, -0.25) is 9.59 Å². The van der Waals surface area contributed by atoms with Gasteiger partial charge in [-0.1, -0.05) is 49.3 Å². The quantitative estimate of drug-likeness (QED) is 0.430. The predicted molar refractivity (Wildman–Crippen MR) is 128 cm³/mol. The number of hydrogen-bond acceptors (Lipinski definition) is 4. The molecule has 7 heteroatoms. The first-order chi connectivity index (χ1) is 16.1. The SMILES string of the molecule is O=C(CCCCCCNC(=O)N1CCN(C(=O)c2ccccc2)CC1)OCC1=CCCC=C1. The molecule has 1 heterocycles. The van der Waals surface area contributed by atoms with Crippen molar-refractivity contribution in [2.75, 3.05) is 39.3 Å². The van der Waals surface area contributed by atoms with Crippen molar-refractivity contribution in [2.24, 2.45) is 0 Å². The third-order valence-electron chi connectivity index (χ3n) is 5.93. The van der Waals surface area contributed by atoms with Crippen LogP contribution < -0.4 is 5.32 Å². The smallest absolute Gasteiger partial charge is 0.317 e. The van der Waals surface area contributed by atoms with E-state index in [1.165, 1.54) is 0 Å². The number of rotatable bonds is 10. The first-order valence-corrected chi connectivity index (χ1v) is 12.0. The van der Waals surface area contributed by atoms with Crippen LogP contribution in [0.5, 0.6) is 0 Å². The molecule has 33 heavy (non-hydrogen) atoms. The van der Waals surface area contributed by atoms with Crippen LogP contribution in [0.3, 0.4) is 0 Å². The highest BCUT2D eigenvalue weighted by atomic mass is 16.5. The van der Waals surface area contributed by atoms with Crippen molar-refractivity contribution >= 4 is 17.9 Å². The van der Waals surface area contributed by atoms with Gasteiger partial charge in [0.15, 0.2) is 0 Å². The van der Waals surface area contributed by atoms with Crippen molar-refractivity contribution in [1.29, 1.82) is 0 Å². The van der Waals surface area contributed by atoms with E-state index < -0.39 is 0 Å². The summed E-state index contributed by atoms with van der Waals surface area (Å²) in [4.78, 5) is 40.3. The monoisotopic (exact) mass is 453 g/mol. The molecule has 3 amide bonds. The summed E-state index contributed by atoms with van der Waals surface area (Å²) in [5.74, 6) is -0.129. The normalized spacial score (nSPS) is 15.7. The van der Waals surface area contributed by atoms with Crippen LogP contribution in [0.15, 0.2) is 54.1 Å². The van der Waals surface area contributed by atoms with Crippen LogP contribution in [0, 0.1) is 0 Å². The Balaban J connectivity index is 1.19. The Morgan fingerprint density at radius 2 is 1.61 bits per heavy atom. The van der Waals surface area contributed by atoms with E-state index in [9.17, 15) is 14.4 Å². The highest BCUT2D eigenvalue weighted by Crippen LogP contribution is 2.11. The Labute approximate surface area is 196 Å². The van der Waals surface area contributed by atoms with Crippen molar-refractivity contribution < 1.29 is 19.1 Å². The molecule has 0 bridgehead atoms. The number of esters is 1. The Hall–Kier alpha value is -3.09. The first kappa shape index (κ1) is 24.6. The van der Waals surface area contributed by atoms with Gasteiger partial charge in [-0.15, -0.1) is 0 Å². The number of carbonyl (C=O) groups excluding carboxylic acids is 3. The van der Waals surface area contributed by atoms with Gasteiger partial charge >= 0.3 is 12.0 Å². The zero-order valence-electron chi connectivity index (χ0n) is 19.3. The number of benzene rings is 1. The number of unbranched alkanes of at least 4 members (excludes halogenated alkanes) is 3. The van der Waals surface area contributed by atoms with Gasteiger partial charge in [-0.2, -0.15) is 0 Å². The number of nitrogens with zero attached hydrogens (tertiary/aromatic N) is 2. The van der Waals surface area contributed by atoms with Crippen LogP contribution >= 0.6 is 0 Å². The molecule has 0 aromatic heterocycles. The molecular weight excluding hydrogens is 418 g/mol. The minimum Gasteiger partial charge on any atom is -0.461 e. The average molecular weight is 454 g/mol. The van der Waals surface area contributed by atoms with Crippen LogP contribution in [0.25, 0.3) is 0 Å². The van der Waals surface area contributed by atoms with Gasteiger partial charge in [0.25, 0.3) is 5.91 Å². The van der Waals surface area contributed by atoms with Crippen LogP contribution in [0.1, 0.15) is 55.3 Å². The van der Waals surface area contributed by atoms with Crippen molar-refractivity contribution in [1.82, 2.24) is 15.1 Å². The molecule has 1 aromatic carbocycles. The molecule has 1 aliphatic carbocycles. The van der Waals surface area contributed by atoms with Gasteiger partial charge in [0, 0.05) is 44.7 Å². The number of amides is 3. The number of hydrogen-bond donors (Lipinski definition) is 1. The molecule has 0 unspecified atom stereocenters. The van der Waals surface area contributed by atoms with E-state index in [4.69, 9.17) is 4.74 Å². The van der Waals surface area contributed by atoms with E-state index in [0.717, 1.165) is 44.1 Å². The van der Waals surface area contributed by atoms with Gasteiger partial charge in [0.05, 0.1) is 0 Å². The zero-order chi connectivity index (χ0) is 23.3. The maximum atomic E-state index is 12.5. The second-order valence-electron chi connectivity index (χ2n) is 8.46. The number of allylic oxidation sites excluding steroid dienone is 2. The highest BCUT2D eigenvalue weighted by molar-refractivity contribution is 5.94. The number of ether oxygens (including phenoxy) is 1. The summed E-state index contributed by atoms with van der Waals surface area (Å²) in [6.07, 6.45) is 12.3. The van der Waals surface area contributed by atoms with Gasteiger partial charge in [-0.25, -0.2) is 4.79 Å². The summed E-state index contributed by atoms with van der Waals surface area (Å²) in [6.45, 7) is 3.16. The topological polar surface area (TPSA) is 79.0 Å². The lowest BCUT2D eigenvalue weighted by Gasteiger charge is -2.34. The van der Waals surface area contributed by atoms with Crippen molar-refractivity contribution in [3.63, 3.8) is 0 Å². The zero-order valence-corrected chi connectivity index (χ0v) is 19.3. The fourth-order valence-electron chi connectivity index (χ4n) is 3.94. The first-order valence-electron chi connectivity index (χ1n) is 12.0. The predicted octanol–water partition coefficient (Wildman–Crippen LogP) is 3.92. The van der Waals surface area contributed by atoms with Crippen LogP contribution in [0.4, 0.5) is 4.79 Å². The van der Waals surface area contributed by atoms with E-state index in [2.05, 4.69) is 17.5 Å². The fourth-order valence-corrected chi connectivity index (χ4v) is 3.94. The third-order valence-corrected chi connectivity index (χ3v) is 5.93. The Morgan fingerprint density at radius 1 is 0.879 bits per heavy atom. The molecule has 0 radical (unpaired) electrons. The second kappa shape index (κ2) is 13.5. The third kappa shape index (κ3) is 8.40. The molecule has 178 valence electrons. The maximum Gasteiger partial charge on any atom is 0.317 e. The standard InChI is InChI=1S/C26H35N3O4/c30-24(33-21-22-11-5-3-6-12-22)15-9-1-2-10-16-27-26(32)29-19-17-28(18-20-29)25(31)23-13-7-4-8-14-23/h4-5,7-8,11-14H,1-3,6,9-10,15-21H2,(H,27,32). The molecule has 3 rings (SSSR count). The number of urea groups is 1. The average Bonchev–Trinajstić information content (AvgIpc) is 2.87. The van der Waals surface area contributed by atoms with Crippen molar-refractivity contribution in [3.8, 4) is 0 Å². The molecule has 0 saturated carbocycles. The number of nitrogens with one attached hydrogen (secondary N) is 1. The Morgan fingerprint density at radius 3 is 2.33 bits per heavy atom. The number of piperazine rings is 1. The van der Waals surface area contributed by atoms with Gasteiger partial charge < -0.3 is 19.9 Å². The van der Waals surface area contributed by atoms with Crippen LogP contribution in [-0.2, 0) is 9.53 Å². The molecule has 1 N–H and O–H groups in total. The lowest BCUT2D eigenvalue weighted by Crippen LogP contribution is -2.53. The molecule has 1 aliphatic heterocycles. The Bertz CT molecular complexity index is 842. The second-order valence-corrected chi connectivity index (χ2v) is 8.46. The van der Waals surface area contributed by atoms with Crippen LogP contribution in [0.2, 0.25) is 0 Å². The molecule has 1 saturated heterocycles. The summed E-state index contributed by atoms with van der Waals surface area (Å²) in [5, 5.41) is 2.96. The molecule has 0 spiro atoms. The van der Waals surface area contributed by atoms with Gasteiger partial charge in [0.1, 0.15) is 6.61 Å². The minimum absolute atomic E-state index is 0.0162. The molecule has 1 fully saturated rings. The summed E-state index contributed by atoms with van der Waals surface area (Å²) in [6, 6.07) is 9.17. The minimum atomic E-state index is -0.145. The van der Waals surface area contributed by atoms with E-state index in [1.807, 2.05) is 36.4 Å². The van der Waals surface area contributed by atoms with E-state index in [1.54, 1.807) is 9.80 Å². The highest BCUT2D eigenvalue weighted by Gasteiger charge is 2.24. The summed E-state index contributed by atoms with van der Waals surface area (Å²) < 4.78 is 5.31. The van der Waals surface area contributed by atoms with Gasteiger partial charge in [0.2, 0.25) is 0 Å². The van der Waals surface area contributed by atoms with Crippen molar-refractivity contribution in [3.05, 3.63) is 59.7 Å². The summed E-state index contributed by atoms with van der Waals surface area (Å²) in [7, 11) is 0. The Kier molecular flexibility index (Phi) is 10.0. The summed E-state index contributed by atoms with van der Waals surface area (Å²) >= 11 is 0. The fraction of sp³-hybridized carbons (Fsp3) is 0.500. The molecule has 2 aliphatic rings. The van der Waals surface area contributed by atoms with Crippen LogP contribution in [-0.4, -0.2) is 67.0 Å². The van der Waals surface area contributed by atoms with E-state index >= 15 is 0 Å². The lowest BCUT2D eigenvalue weighted by molar-refractivity contribution is -0.142. The maximum absolute atomic E-state index is 12.5.